The van der Waals surface area contributed by atoms with Crippen LogP contribution in [0.25, 0.3) is 0 Å². The molecule has 0 bridgehead atoms. The van der Waals surface area contributed by atoms with E-state index < -0.39 is 16.0 Å². The molecule has 2 rings (SSSR count). The molecule has 0 aliphatic rings. The third kappa shape index (κ3) is 4.26. The van der Waals surface area contributed by atoms with Gasteiger partial charge < -0.3 is 14.7 Å². The van der Waals surface area contributed by atoms with Crippen molar-refractivity contribution in [2.24, 2.45) is 0 Å². The summed E-state index contributed by atoms with van der Waals surface area (Å²) in [5.74, 6) is -1.14. The number of hydrogen-bond acceptors (Lipinski definition) is 5. The second-order valence-electron chi connectivity index (χ2n) is 5.50. The van der Waals surface area contributed by atoms with Crippen molar-refractivity contribution in [2.75, 3.05) is 29.8 Å². The van der Waals surface area contributed by atoms with Gasteiger partial charge in [-0.1, -0.05) is 0 Å². The number of aromatic carboxylic acids is 1. The van der Waals surface area contributed by atoms with E-state index in [4.69, 9.17) is 9.84 Å². The van der Waals surface area contributed by atoms with Gasteiger partial charge in [-0.25, -0.2) is 13.2 Å². The van der Waals surface area contributed by atoms with Crippen LogP contribution >= 0.6 is 0 Å². The van der Waals surface area contributed by atoms with E-state index in [1.54, 1.807) is 12.1 Å². The average molecular weight is 378 g/mol. The normalized spacial score (nSPS) is 11.0. The van der Waals surface area contributed by atoms with E-state index in [-0.39, 0.29) is 16.2 Å². The molecule has 0 aliphatic heterocycles. The van der Waals surface area contributed by atoms with Gasteiger partial charge in [-0.3, -0.25) is 4.72 Å². The molecule has 0 saturated heterocycles. The Hall–Kier alpha value is -2.74. The SMILES string of the molecule is CCN(CC)c1ccc(NS(=O)(=O)c2cc(C(=O)O)ccc2OC)cc1. The quantitative estimate of drug-likeness (QED) is 0.733. The molecule has 0 radical (unpaired) electrons. The van der Waals surface area contributed by atoms with Gasteiger partial charge in [0.1, 0.15) is 10.6 Å². The molecule has 2 N–H and O–H groups in total. The zero-order valence-corrected chi connectivity index (χ0v) is 15.7. The zero-order valence-electron chi connectivity index (χ0n) is 14.9. The predicted molar refractivity (Wildman–Crippen MR) is 101 cm³/mol. The maximum absolute atomic E-state index is 12.7. The summed E-state index contributed by atoms with van der Waals surface area (Å²) in [4.78, 5) is 13.0. The molecule has 26 heavy (non-hydrogen) atoms. The molecule has 0 aromatic heterocycles. The second-order valence-corrected chi connectivity index (χ2v) is 7.15. The number of rotatable bonds is 8. The van der Waals surface area contributed by atoms with Crippen molar-refractivity contribution in [3.05, 3.63) is 48.0 Å². The lowest BCUT2D eigenvalue weighted by Crippen LogP contribution is -2.21. The van der Waals surface area contributed by atoms with Gasteiger partial charge in [0.05, 0.1) is 12.7 Å². The highest BCUT2D eigenvalue weighted by Gasteiger charge is 2.22. The molecule has 0 amide bonds. The summed E-state index contributed by atoms with van der Waals surface area (Å²) >= 11 is 0. The summed E-state index contributed by atoms with van der Waals surface area (Å²) < 4.78 is 32.9. The number of nitrogens with zero attached hydrogens (tertiary/aromatic N) is 1. The molecule has 7 nitrogen and oxygen atoms in total. The van der Waals surface area contributed by atoms with Crippen LogP contribution in [0.4, 0.5) is 11.4 Å². The van der Waals surface area contributed by atoms with Crippen LogP contribution in [0.1, 0.15) is 24.2 Å². The molecule has 0 unspecified atom stereocenters. The maximum atomic E-state index is 12.7. The van der Waals surface area contributed by atoms with Crippen LogP contribution in [-0.4, -0.2) is 39.7 Å². The van der Waals surface area contributed by atoms with E-state index in [1.165, 1.54) is 19.2 Å². The van der Waals surface area contributed by atoms with Gasteiger partial charge in [0.15, 0.2) is 0 Å². The van der Waals surface area contributed by atoms with Crippen molar-refractivity contribution in [3.63, 3.8) is 0 Å². The Morgan fingerprint density at radius 1 is 1.12 bits per heavy atom. The van der Waals surface area contributed by atoms with Crippen LogP contribution < -0.4 is 14.4 Å². The van der Waals surface area contributed by atoms with Crippen molar-refractivity contribution < 1.29 is 23.1 Å². The van der Waals surface area contributed by atoms with E-state index in [1.807, 2.05) is 26.0 Å². The van der Waals surface area contributed by atoms with Gasteiger partial charge in [-0.2, -0.15) is 0 Å². The summed E-state index contributed by atoms with van der Waals surface area (Å²) in [7, 11) is -2.68. The molecule has 140 valence electrons. The fraction of sp³-hybridized carbons (Fsp3) is 0.278. The Kier molecular flexibility index (Phi) is 6.10. The largest absolute Gasteiger partial charge is 0.495 e. The first-order valence-electron chi connectivity index (χ1n) is 8.11. The Balaban J connectivity index is 2.34. The van der Waals surface area contributed by atoms with Gasteiger partial charge in [0.2, 0.25) is 0 Å². The lowest BCUT2D eigenvalue weighted by atomic mass is 10.2. The average Bonchev–Trinajstić information content (AvgIpc) is 2.63. The number of sulfonamides is 1. The van der Waals surface area contributed by atoms with Gasteiger partial charge in [-0.15, -0.1) is 0 Å². The summed E-state index contributed by atoms with van der Waals surface area (Å²) in [5.41, 5.74) is 1.23. The van der Waals surface area contributed by atoms with Crippen LogP contribution in [0.2, 0.25) is 0 Å². The van der Waals surface area contributed by atoms with Crippen LogP contribution in [0.3, 0.4) is 0 Å². The lowest BCUT2D eigenvalue weighted by molar-refractivity contribution is 0.0696. The Labute approximate surface area is 153 Å². The van der Waals surface area contributed by atoms with E-state index in [2.05, 4.69) is 9.62 Å². The van der Waals surface area contributed by atoms with E-state index in [0.29, 0.717) is 5.69 Å². The van der Waals surface area contributed by atoms with Gasteiger partial charge in [-0.05, 0) is 56.3 Å². The Bertz CT molecular complexity index is 875. The molecule has 0 atom stereocenters. The van der Waals surface area contributed by atoms with Crippen molar-refractivity contribution >= 4 is 27.4 Å². The smallest absolute Gasteiger partial charge is 0.335 e. The minimum atomic E-state index is -4.01. The topological polar surface area (TPSA) is 95.9 Å². The number of carboxylic acids is 1. The maximum Gasteiger partial charge on any atom is 0.335 e. The third-order valence-corrected chi connectivity index (χ3v) is 5.35. The Morgan fingerprint density at radius 2 is 1.73 bits per heavy atom. The first-order chi connectivity index (χ1) is 12.3. The van der Waals surface area contributed by atoms with Crippen molar-refractivity contribution in [3.8, 4) is 5.75 Å². The van der Waals surface area contributed by atoms with Crippen LogP contribution in [0, 0.1) is 0 Å². The fourth-order valence-electron chi connectivity index (χ4n) is 2.56. The number of nitrogens with one attached hydrogen (secondary N) is 1. The number of benzene rings is 2. The minimum absolute atomic E-state index is 0.0715. The molecule has 8 heteroatoms. The fourth-order valence-corrected chi connectivity index (χ4v) is 3.81. The van der Waals surface area contributed by atoms with Gasteiger partial charge >= 0.3 is 5.97 Å². The van der Waals surface area contributed by atoms with E-state index in [9.17, 15) is 13.2 Å². The van der Waals surface area contributed by atoms with Gasteiger partial charge in [0, 0.05) is 24.5 Å². The molecule has 0 spiro atoms. The summed E-state index contributed by atoms with van der Waals surface area (Å²) in [6.07, 6.45) is 0. The van der Waals surface area contributed by atoms with Gasteiger partial charge in [0.25, 0.3) is 10.0 Å². The summed E-state index contributed by atoms with van der Waals surface area (Å²) in [6.45, 7) is 5.78. The first kappa shape index (κ1) is 19.6. The lowest BCUT2D eigenvalue weighted by Gasteiger charge is -2.21. The van der Waals surface area contributed by atoms with Crippen molar-refractivity contribution in [1.29, 1.82) is 0 Å². The van der Waals surface area contributed by atoms with Crippen molar-refractivity contribution in [1.82, 2.24) is 0 Å². The molecule has 2 aromatic rings. The number of methoxy groups -OCH3 is 1. The first-order valence-corrected chi connectivity index (χ1v) is 9.59. The third-order valence-electron chi connectivity index (χ3n) is 3.95. The predicted octanol–water partition coefficient (Wildman–Crippen LogP) is 3.04. The van der Waals surface area contributed by atoms with Crippen LogP contribution in [-0.2, 0) is 10.0 Å². The highest BCUT2D eigenvalue weighted by Crippen LogP contribution is 2.27. The van der Waals surface area contributed by atoms with E-state index in [0.717, 1.165) is 24.8 Å². The summed E-state index contributed by atoms with van der Waals surface area (Å²) in [5, 5.41) is 9.10. The monoisotopic (exact) mass is 378 g/mol. The molecule has 0 heterocycles. The number of carbonyl (C=O) groups is 1. The number of carboxylic acid groups (broad SMARTS) is 1. The van der Waals surface area contributed by atoms with Crippen LogP contribution in [0.15, 0.2) is 47.4 Å². The highest BCUT2D eigenvalue weighted by molar-refractivity contribution is 7.92. The zero-order chi connectivity index (χ0) is 19.3. The van der Waals surface area contributed by atoms with Crippen LogP contribution in [0.5, 0.6) is 5.75 Å². The number of anilines is 2. The molecular formula is C18H22N2O5S. The number of hydrogen-bond donors (Lipinski definition) is 2. The molecule has 0 fully saturated rings. The number of ether oxygens (including phenoxy) is 1. The molecule has 0 saturated carbocycles. The van der Waals surface area contributed by atoms with E-state index >= 15 is 0 Å². The molecular weight excluding hydrogens is 356 g/mol. The highest BCUT2D eigenvalue weighted by atomic mass is 32.2. The Morgan fingerprint density at radius 3 is 2.23 bits per heavy atom. The molecule has 0 aliphatic carbocycles. The standard InChI is InChI=1S/C18H22N2O5S/c1-4-20(5-2)15-9-7-14(8-10-15)19-26(23,24)17-12-13(18(21)22)6-11-16(17)25-3/h6-12,19H,4-5H2,1-3H3,(H,21,22). The second kappa shape index (κ2) is 8.09. The minimum Gasteiger partial charge on any atom is -0.495 e. The van der Waals surface area contributed by atoms with Crippen molar-refractivity contribution in [2.45, 2.75) is 18.7 Å². The molecule has 2 aromatic carbocycles. The summed E-state index contributed by atoms with van der Waals surface area (Å²) in [6, 6.07) is 10.7.